The summed E-state index contributed by atoms with van der Waals surface area (Å²) in [7, 11) is 0. The van der Waals surface area contributed by atoms with Gasteiger partial charge < -0.3 is 10.3 Å². The third kappa shape index (κ3) is 1.44. The molecule has 0 saturated carbocycles. The van der Waals surface area contributed by atoms with Crippen LogP contribution in [-0.4, -0.2) is 16.5 Å². The second kappa shape index (κ2) is 3.82. The molecule has 3 heterocycles. The Labute approximate surface area is 105 Å². The molecular formula is C15H15N3. The Balaban J connectivity index is 1.94. The quantitative estimate of drug-likeness (QED) is 0.682. The highest BCUT2D eigenvalue weighted by atomic mass is 14.9. The lowest BCUT2D eigenvalue weighted by Gasteiger charge is -2.10. The van der Waals surface area contributed by atoms with E-state index < -0.39 is 0 Å². The number of pyridine rings is 1. The Hall–Kier alpha value is -1.87. The first kappa shape index (κ1) is 10.1. The van der Waals surface area contributed by atoms with Crippen LogP contribution in [0.4, 0.5) is 0 Å². The summed E-state index contributed by atoms with van der Waals surface area (Å²) in [6, 6.07) is 9.27. The zero-order chi connectivity index (χ0) is 11.9. The van der Waals surface area contributed by atoms with Crippen molar-refractivity contribution < 1.29 is 0 Å². The topological polar surface area (TPSA) is 40.7 Å². The Morgan fingerprint density at radius 2 is 2.06 bits per heavy atom. The molecule has 3 heteroatoms. The van der Waals surface area contributed by atoms with Gasteiger partial charge in [-0.05, 0) is 43.1 Å². The first-order valence-corrected chi connectivity index (χ1v) is 6.50. The molecule has 90 valence electrons. The molecule has 0 bridgehead atoms. The fourth-order valence-corrected chi connectivity index (χ4v) is 2.94. The number of hydrogen-bond donors (Lipinski definition) is 2. The number of benzene rings is 1. The van der Waals surface area contributed by atoms with Gasteiger partial charge in [0.1, 0.15) is 0 Å². The van der Waals surface area contributed by atoms with E-state index in [0.29, 0.717) is 6.04 Å². The number of aromatic nitrogens is 2. The van der Waals surface area contributed by atoms with E-state index in [1.807, 2.05) is 18.5 Å². The van der Waals surface area contributed by atoms with Crippen LogP contribution in [0.3, 0.4) is 0 Å². The zero-order valence-electron chi connectivity index (χ0n) is 10.1. The number of aromatic amines is 1. The van der Waals surface area contributed by atoms with Crippen molar-refractivity contribution in [3.8, 4) is 0 Å². The molecule has 1 saturated heterocycles. The van der Waals surface area contributed by atoms with Crippen LogP contribution in [0, 0.1) is 0 Å². The van der Waals surface area contributed by atoms with E-state index in [2.05, 4.69) is 33.5 Å². The van der Waals surface area contributed by atoms with E-state index in [-0.39, 0.29) is 0 Å². The van der Waals surface area contributed by atoms with Crippen LogP contribution in [0.2, 0.25) is 0 Å². The summed E-state index contributed by atoms with van der Waals surface area (Å²) >= 11 is 0. The maximum Gasteiger partial charge on any atom is 0.0495 e. The molecule has 2 N–H and O–H groups in total. The lowest BCUT2D eigenvalue weighted by atomic mass is 10.0. The summed E-state index contributed by atoms with van der Waals surface area (Å²) in [5.74, 6) is 0. The molecule has 4 rings (SSSR count). The summed E-state index contributed by atoms with van der Waals surface area (Å²) in [5, 5.41) is 6.05. The molecule has 0 amide bonds. The largest absolute Gasteiger partial charge is 0.354 e. The lowest BCUT2D eigenvalue weighted by Crippen LogP contribution is -2.12. The Bertz CT molecular complexity index is 708. The predicted molar refractivity (Wildman–Crippen MR) is 73.6 cm³/mol. The predicted octanol–water partition coefficient (Wildman–Crippen LogP) is 3.14. The molecule has 1 aliphatic rings. The summed E-state index contributed by atoms with van der Waals surface area (Å²) < 4.78 is 0. The molecule has 1 atom stereocenters. The van der Waals surface area contributed by atoms with Gasteiger partial charge in [0.15, 0.2) is 0 Å². The summed E-state index contributed by atoms with van der Waals surface area (Å²) in [6.07, 6.45) is 6.29. The van der Waals surface area contributed by atoms with Gasteiger partial charge in [-0.15, -0.1) is 0 Å². The monoisotopic (exact) mass is 237 g/mol. The molecule has 18 heavy (non-hydrogen) atoms. The van der Waals surface area contributed by atoms with Crippen molar-refractivity contribution in [2.75, 3.05) is 6.54 Å². The van der Waals surface area contributed by atoms with Gasteiger partial charge in [0.05, 0.1) is 0 Å². The van der Waals surface area contributed by atoms with E-state index in [9.17, 15) is 0 Å². The van der Waals surface area contributed by atoms with E-state index in [1.54, 1.807) is 0 Å². The molecule has 0 aliphatic carbocycles. The molecule has 1 aromatic carbocycles. The molecule has 0 spiro atoms. The van der Waals surface area contributed by atoms with Gasteiger partial charge in [0, 0.05) is 40.2 Å². The average Bonchev–Trinajstić information content (AvgIpc) is 3.05. The highest BCUT2D eigenvalue weighted by Gasteiger charge is 2.16. The van der Waals surface area contributed by atoms with Gasteiger partial charge in [-0.3, -0.25) is 4.98 Å². The van der Waals surface area contributed by atoms with Gasteiger partial charge in [0.25, 0.3) is 0 Å². The van der Waals surface area contributed by atoms with Gasteiger partial charge in [-0.2, -0.15) is 0 Å². The van der Waals surface area contributed by atoms with Gasteiger partial charge in [0.2, 0.25) is 0 Å². The summed E-state index contributed by atoms with van der Waals surface area (Å²) in [6.45, 7) is 1.14. The van der Waals surface area contributed by atoms with E-state index in [1.165, 1.54) is 34.7 Å². The molecule has 1 unspecified atom stereocenters. The van der Waals surface area contributed by atoms with Crippen LogP contribution in [0.1, 0.15) is 24.4 Å². The fraction of sp³-hybridized carbons (Fsp3) is 0.267. The van der Waals surface area contributed by atoms with Crippen molar-refractivity contribution in [1.29, 1.82) is 0 Å². The SMILES string of the molecule is c1cc2[nH]c3ccc(C4CCCN4)cc3c2cn1. The van der Waals surface area contributed by atoms with Crippen LogP contribution in [0.5, 0.6) is 0 Å². The summed E-state index contributed by atoms with van der Waals surface area (Å²) in [4.78, 5) is 7.66. The van der Waals surface area contributed by atoms with Gasteiger partial charge in [-0.1, -0.05) is 6.07 Å². The standard InChI is InChI=1S/C15H15N3/c1-2-13(17-6-1)10-3-4-14-11(8-10)12-9-16-7-5-15(12)18-14/h3-5,7-9,13,17-18H,1-2,6H2. The first-order chi connectivity index (χ1) is 8.92. The Morgan fingerprint density at radius 3 is 2.94 bits per heavy atom. The van der Waals surface area contributed by atoms with E-state index >= 15 is 0 Å². The molecule has 3 aromatic rings. The zero-order valence-corrected chi connectivity index (χ0v) is 10.1. The molecule has 1 fully saturated rings. The van der Waals surface area contributed by atoms with Crippen molar-refractivity contribution in [2.24, 2.45) is 0 Å². The van der Waals surface area contributed by atoms with Crippen LogP contribution in [-0.2, 0) is 0 Å². The van der Waals surface area contributed by atoms with Gasteiger partial charge in [-0.25, -0.2) is 0 Å². The number of nitrogens with zero attached hydrogens (tertiary/aromatic N) is 1. The number of H-pyrrole nitrogens is 1. The Morgan fingerprint density at radius 1 is 1.11 bits per heavy atom. The average molecular weight is 237 g/mol. The maximum atomic E-state index is 4.23. The minimum atomic E-state index is 0.524. The normalized spacial score (nSPS) is 19.9. The lowest BCUT2D eigenvalue weighted by molar-refractivity contribution is 0.648. The van der Waals surface area contributed by atoms with Crippen molar-refractivity contribution in [3.05, 3.63) is 42.2 Å². The van der Waals surface area contributed by atoms with Crippen LogP contribution >= 0.6 is 0 Å². The van der Waals surface area contributed by atoms with Crippen molar-refractivity contribution in [2.45, 2.75) is 18.9 Å². The molecule has 1 aliphatic heterocycles. The van der Waals surface area contributed by atoms with Crippen molar-refractivity contribution >= 4 is 21.8 Å². The molecule has 0 radical (unpaired) electrons. The van der Waals surface area contributed by atoms with E-state index in [4.69, 9.17) is 0 Å². The molecule has 3 nitrogen and oxygen atoms in total. The second-order valence-electron chi connectivity index (χ2n) is 5.00. The second-order valence-corrected chi connectivity index (χ2v) is 5.00. The smallest absolute Gasteiger partial charge is 0.0495 e. The maximum absolute atomic E-state index is 4.23. The summed E-state index contributed by atoms with van der Waals surface area (Å²) in [5.41, 5.74) is 3.75. The van der Waals surface area contributed by atoms with Gasteiger partial charge >= 0.3 is 0 Å². The first-order valence-electron chi connectivity index (χ1n) is 6.50. The minimum absolute atomic E-state index is 0.524. The minimum Gasteiger partial charge on any atom is -0.354 e. The number of hydrogen-bond acceptors (Lipinski definition) is 2. The van der Waals surface area contributed by atoms with Crippen LogP contribution < -0.4 is 5.32 Å². The molecular weight excluding hydrogens is 222 g/mol. The third-order valence-electron chi connectivity index (χ3n) is 3.89. The highest BCUT2D eigenvalue weighted by molar-refractivity contribution is 6.06. The Kier molecular flexibility index (Phi) is 2.14. The third-order valence-corrected chi connectivity index (χ3v) is 3.89. The van der Waals surface area contributed by atoms with Crippen molar-refractivity contribution in [1.82, 2.24) is 15.3 Å². The fourth-order valence-electron chi connectivity index (χ4n) is 2.94. The number of fused-ring (bicyclic) bond motifs is 3. The van der Waals surface area contributed by atoms with E-state index in [0.717, 1.165) is 12.1 Å². The van der Waals surface area contributed by atoms with Crippen molar-refractivity contribution in [3.63, 3.8) is 0 Å². The number of rotatable bonds is 1. The van der Waals surface area contributed by atoms with Crippen LogP contribution in [0.25, 0.3) is 21.8 Å². The highest BCUT2D eigenvalue weighted by Crippen LogP contribution is 2.30. The number of nitrogens with one attached hydrogen (secondary N) is 2. The van der Waals surface area contributed by atoms with Crippen LogP contribution in [0.15, 0.2) is 36.7 Å². The molecule has 2 aromatic heterocycles.